The number of aryl methyl sites for hydroxylation is 2. The molecule has 4 aromatic rings. The monoisotopic (exact) mass is 724 g/mol. The van der Waals surface area contributed by atoms with Crippen molar-refractivity contribution in [1.29, 1.82) is 0 Å². The van der Waals surface area contributed by atoms with Gasteiger partial charge in [0.15, 0.2) is 17.8 Å². The molecule has 0 fully saturated rings. The van der Waals surface area contributed by atoms with Crippen molar-refractivity contribution in [3.05, 3.63) is 119 Å². The van der Waals surface area contributed by atoms with E-state index in [0.29, 0.717) is 65.8 Å². The Hall–Kier alpha value is -6.16. The van der Waals surface area contributed by atoms with Gasteiger partial charge >= 0.3 is 0 Å². The zero-order valence-electron chi connectivity index (χ0n) is 31.2. The summed E-state index contributed by atoms with van der Waals surface area (Å²) in [6, 6.07) is 23.4. The van der Waals surface area contributed by atoms with E-state index in [9.17, 15) is 9.59 Å². The van der Waals surface area contributed by atoms with E-state index in [4.69, 9.17) is 28.9 Å². The Morgan fingerprint density at radius 2 is 1.54 bits per heavy atom. The lowest BCUT2D eigenvalue weighted by Crippen LogP contribution is -2.32. The summed E-state index contributed by atoms with van der Waals surface area (Å²) >= 11 is 0. The average Bonchev–Trinajstić information content (AvgIpc) is 3.76. The van der Waals surface area contributed by atoms with E-state index >= 15 is 0 Å². The number of methoxy groups -OCH3 is 2. The molecule has 7 rings (SSSR count). The molecule has 54 heavy (non-hydrogen) atoms. The van der Waals surface area contributed by atoms with Crippen LogP contribution in [0.15, 0.2) is 95.2 Å². The molecule has 0 aromatic heterocycles. The number of hydrogen-bond donors (Lipinski definition) is 0. The molecule has 0 aliphatic carbocycles. The van der Waals surface area contributed by atoms with Gasteiger partial charge in [-0.3, -0.25) is 19.6 Å². The largest absolute Gasteiger partial charge is 0.497 e. The van der Waals surface area contributed by atoms with Crippen molar-refractivity contribution in [2.45, 2.75) is 45.2 Å². The minimum atomic E-state index is -0.161. The number of hydrogen-bond acceptors (Lipinski definition) is 9. The molecular weight excluding hydrogens is 681 g/mol. The van der Waals surface area contributed by atoms with E-state index in [2.05, 4.69) is 42.3 Å². The lowest BCUT2D eigenvalue weighted by atomic mass is 10.0. The first-order chi connectivity index (χ1) is 26.2. The van der Waals surface area contributed by atoms with Gasteiger partial charge in [-0.1, -0.05) is 42.0 Å². The van der Waals surface area contributed by atoms with Gasteiger partial charge < -0.3 is 28.7 Å². The Labute approximate surface area is 316 Å². The molecule has 0 N–H and O–H groups in total. The molecule has 0 radical (unpaired) electrons. The number of rotatable bonds is 13. The van der Waals surface area contributed by atoms with Crippen LogP contribution in [0.5, 0.6) is 23.0 Å². The molecule has 1 amide bonds. The number of fused-ring (bicyclic) bond motifs is 2. The molecule has 10 nitrogen and oxygen atoms in total. The van der Waals surface area contributed by atoms with Crippen molar-refractivity contribution in [1.82, 2.24) is 9.80 Å². The summed E-state index contributed by atoms with van der Waals surface area (Å²) in [5, 5.41) is 0. The normalized spacial score (nSPS) is 17.5. The second-order valence-corrected chi connectivity index (χ2v) is 13.7. The second-order valence-electron chi connectivity index (χ2n) is 13.7. The van der Waals surface area contributed by atoms with E-state index in [0.717, 1.165) is 35.2 Å². The van der Waals surface area contributed by atoms with Crippen LogP contribution in [0.4, 0.5) is 11.4 Å². The van der Waals surface area contributed by atoms with Gasteiger partial charge in [0.05, 0.1) is 56.5 Å². The molecule has 3 aliphatic rings. The highest BCUT2D eigenvalue weighted by atomic mass is 16.5. The maximum atomic E-state index is 13.7. The first-order valence-electron chi connectivity index (χ1n) is 18.1. The number of amides is 1. The van der Waals surface area contributed by atoms with Crippen molar-refractivity contribution in [3.63, 3.8) is 0 Å². The molecule has 0 bridgehead atoms. The van der Waals surface area contributed by atoms with Crippen molar-refractivity contribution in [2.75, 3.05) is 34.5 Å². The van der Waals surface area contributed by atoms with Crippen LogP contribution >= 0.6 is 0 Å². The number of carbonyl (C=O) groups excluding carboxylic acids is 2. The Bertz CT molecular complexity index is 2170. The van der Waals surface area contributed by atoms with E-state index in [1.807, 2.05) is 69.0 Å². The topological polar surface area (TPSA) is 102 Å². The fourth-order valence-electron chi connectivity index (χ4n) is 6.90. The number of carbonyl (C=O) groups is 2. The summed E-state index contributed by atoms with van der Waals surface area (Å²) in [5.41, 5.74) is 8.70. The van der Waals surface area contributed by atoms with Gasteiger partial charge in [-0.25, -0.2) is 0 Å². The maximum Gasteiger partial charge on any atom is 0.260 e. The van der Waals surface area contributed by atoms with Crippen LogP contribution in [0, 0.1) is 13.8 Å². The zero-order chi connectivity index (χ0) is 37.8. The SMILES string of the molecule is COc1ccc(C2=CN3C(=O)c4cc(C)c(OCCCOc5cc(/N=C\C6CC(c7ccc(C)cc7)=CN6C)c(C=O)cc5OC)cc4N=CC3C2)cc1. The highest BCUT2D eigenvalue weighted by Crippen LogP contribution is 2.38. The summed E-state index contributed by atoms with van der Waals surface area (Å²) in [7, 11) is 5.22. The Balaban J connectivity index is 0.962. The molecule has 0 saturated heterocycles. The van der Waals surface area contributed by atoms with E-state index in [1.54, 1.807) is 31.3 Å². The third kappa shape index (κ3) is 7.64. The number of ether oxygens (including phenoxy) is 4. The lowest BCUT2D eigenvalue weighted by Gasteiger charge is -2.19. The standard InChI is InChI=1S/C44H44N4O6/c1-28-7-9-30(10-8-28)32-18-35(47(3)25-32)23-45-39-21-43(42(52-5)20-34(39)27-49)54-16-6-15-53-41-22-40-38(17-29(41)2)44(50)48-26-33(19-36(48)24-46-40)31-11-13-37(51-4)14-12-31/h7-14,17,20-27,35-36H,6,15-16,18-19H2,1-5H3/b45-23-. The van der Waals surface area contributed by atoms with E-state index < -0.39 is 0 Å². The van der Waals surface area contributed by atoms with Crippen LogP contribution in [0.3, 0.4) is 0 Å². The van der Waals surface area contributed by atoms with Gasteiger partial charge in [0.1, 0.15) is 11.5 Å². The van der Waals surface area contributed by atoms with Crippen LogP contribution in [0.2, 0.25) is 0 Å². The Kier molecular flexibility index (Phi) is 10.6. The average molecular weight is 725 g/mol. The smallest absolute Gasteiger partial charge is 0.260 e. The molecule has 2 atom stereocenters. The van der Waals surface area contributed by atoms with Gasteiger partial charge in [0.2, 0.25) is 0 Å². The zero-order valence-corrected chi connectivity index (χ0v) is 31.2. The summed E-state index contributed by atoms with van der Waals surface area (Å²) in [4.78, 5) is 39.1. The van der Waals surface area contributed by atoms with Gasteiger partial charge in [0, 0.05) is 62.4 Å². The molecule has 3 heterocycles. The summed E-state index contributed by atoms with van der Waals surface area (Å²) < 4.78 is 23.1. The highest BCUT2D eigenvalue weighted by Gasteiger charge is 2.33. The van der Waals surface area contributed by atoms with Gasteiger partial charge in [-0.05, 0) is 72.4 Å². The molecule has 2 unspecified atom stereocenters. The number of aliphatic imine (C=N–C) groups is 2. The molecule has 3 aliphatic heterocycles. The number of nitrogens with zero attached hydrogens (tertiary/aromatic N) is 4. The summed E-state index contributed by atoms with van der Waals surface area (Å²) in [6.45, 7) is 4.73. The van der Waals surface area contributed by atoms with Crippen molar-refractivity contribution in [2.24, 2.45) is 9.98 Å². The minimum absolute atomic E-state index is 0.0524. The third-order valence-corrected chi connectivity index (χ3v) is 10.0. The molecule has 4 aromatic carbocycles. The minimum Gasteiger partial charge on any atom is -0.497 e. The highest BCUT2D eigenvalue weighted by molar-refractivity contribution is 6.05. The number of aldehydes is 1. The summed E-state index contributed by atoms with van der Waals surface area (Å²) in [5.74, 6) is 2.31. The van der Waals surface area contributed by atoms with Crippen LogP contribution in [-0.2, 0) is 0 Å². The van der Waals surface area contributed by atoms with Crippen molar-refractivity contribution >= 4 is 47.1 Å². The summed E-state index contributed by atoms with van der Waals surface area (Å²) in [6.07, 6.45) is 10.6. The lowest BCUT2D eigenvalue weighted by molar-refractivity contribution is 0.0817. The fourth-order valence-corrected chi connectivity index (χ4v) is 6.90. The third-order valence-electron chi connectivity index (χ3n) is 10.0. The van der Waals surface area contributed by atoms with E-state index in [1.165, 1.54) is 16.7 Å². The fraction of sp³-hybridized carbons (Fsp3) is 0.273. The second kappa shape index (κ2) is 15.8. The Morgan fingerprint density at radius 1 is 0.833 bits per heavy atom. The van der Waals surface area contributed by atoms with Crippen molar-refractivity contribution in [3.8, 4) is 23.0 Å². The number of benzene rings is 4. The molecular formula is C44H44N4O6. The van der Waals surface area contributed by atoms with E-state index in [-0.39, 0.29) is 18.0 Å². The Morgan fingerprint density at radius 3 is 2.24 bits per heavy atom. The molecule has 0 spiro atoms. The predicted molar refractivity (Wildman–Crippen MR) is 212 cm³/mol. The van der Waals surface area contributed by atoms with Crippen LogP contribution in [0.1, 0.15) is 62.2 Å². The van der Waals surface area contributed by atoms with Gasteiger partial charge in [-0.2, -0.15) is 0 Å². The molecule has 10 heteroatoms. The van der Waals surface area contributed by atoms with Crippen LogP contribution < -0.4 is 18.9 Å². The maximum absolute atomic E-state index is 13.7. The quantitative estimate of drug-likeness (QED) is 0.0776. The predicted octanol–water partition coefficient (Wildman–Crippen LogP) is 8.40. The van der Waals surface area contributed by atoms with Crippen LogP contribution in [-0.4, -0.2) is 81.0 Å². The van der Waals surface area contributed by atoms with Crippen LogP contribution in [0.25, 0.3) is 11.1 Å². The molecule has 276 valence electrons. The molecule has 0 saturated carbocycles. The first kappa shape index (κ1) is 36.2. The van der Waals surface area contributed by atoms with Gasteiger partial charge in [-0.15, -0.1) is 0 Å². The van der Waals surface area contributed by atoms with Crippen molar-refractivity contribution < 1.29 is 28.5 Å². The first-order valence-corrected chi connectivity index (χ1v) is 18.1. The van der Waals surface area contributed by atoms with Gasteiger partial charge in [0.25, 0.3) is 5.91 Å².